The smallest absolute Gasteiger partial charge is 0.246 e. The van der Waals surface area contributed by atoms with Gasteiger partial charge >= 0.3 is 0 Å². The van der Waals surface area contributed by atoms with Gasteiger partial charge in [0.05, 0.1) is 6.26 Å². The van der Waals surface area contributed by atoms with E-state index in [1.165, 1.54) is 4.90 Å². The third-order valence-electron chi connectivity index (χ3n) is 3.95. The number of piperazine rings is 1. The molecule has 1 N–H and O–H groups in total. The van der Waals surface area contributed by atoms with Crippen molar-refractivity contribution < 1.29 is 18.0 Å². The maximum atomic E-state index is 12.4. The molecule has 0 saturated carbocycles. The van der Waals surface area contributed by atoms with Gasteiger partial charge < -0.3 is 9.80 Å². The molecule has 1 fully saturated rings. The van der Waals surface area contributed by atoms with Crippen LogP contribution in [0.25, 0.3) is 0 Å². The highest BCUT2D eigenvalue weighted by Gasteiger charge is 2.32. The van der Waals surface area contributed by atoms with E-state index in [1.54, 1.807) is 4.90 Å². The minimum atomic E-state index is -3.32. The van der Waals surface area contributed by atoms with Crippen molar-refractivity contribution in [2.24, 2.45) is 0 Å². The first-order valence-corrected chi connectivity index (χ1v) is 9.67. The number of anilines is 1. The van der Waals surface area contributed by atoms with E-state index in [2.05, 4.69) is 4.72 Å². The van der Waals surface area contributed by atoms with E-state index in [0.29, 0.717) is 6.54 Å². The minimum absolute atomic E-state index is 0.00670. The predicted octanol–water partition coefficient (Wildman–Crippen LogP) is 0.498. The maximum Gasteiger partial charge on any atom is 0.246 e. The van der Waals surface area contributed by atoms with Gasteiger partial charge in [0.25, 0.3) is 0 Å². The lowest BCUT2D eigenvalue weighted by Gasteiger charge is -2.39. The first-order chi connectivity index (χ1) is 11.2. The minimum Gasteiger partial charge on any atom is -0.329 e. The molecule has 7 nitrogen and oxygen atoms in total. The summed E-state index contributed by atoms with van der Waals surface area (Å²) >= 11 is 0. The van der Waals surface area contributed by atoms with Gasteiger partial charge in [-0.15, -0.1) is 0 Å². The number of benzene rings is 1. The van der Waals surface area contributed by atoms with Crippen molar-refractivity contribution in [1.82, 2.24) is 9.62 Å². The van der Waals surface area contributed by atoms with E-state index in [4.69, 9.17) is 0 Å². The second-order valence-electron chi connectivity index (χ2n) is 6.13. The summed E-state index contributed by atoms with van der Waals surface area (Å²) in [5.41, 5.74) is 1.94. The van der Waals surface area contributed by atoms with Crippen LogP contribution in [0.5, 0.6) is 0 Å². The average Bonchev–Trinajstić information content (AvgIpc) is 2.48. The Hall–Kier alpha value is -1.93. The largest absolute Gasteiger partial charge is 0.329 e. The summed E-state index contributed by atoms with van der Waals surface area (Å²) in [6.45, 7) is 4.33. The molecule has 2 rings (SSSR count). The summed E-state index contributed by atoms with van der Waals surface area (Å²) in [6, 6.07) is 7.55. The Labute approximate surface area is 142 Å². The Morgan fingerprint density at radius 3 is 2.50 bits per heavy atom. The van der Waals surface area contributed by atoms with Crippen LogP contribution in [0.2, 0.25) is 0 Å². The molecule has 1 aliphatic rings. The molecule has 132 valence electrons. The number of rotatable bonds is 5. The monoisotopic (exact) mass is 353 g/mol. The van der Waals surface area contributed by atoms with Crippen LogP contribution in [0.15, 0.2) is 24.3 Å². The van der Waals surface area contributed by atoms with Crippen molar-refractivity contribution >= 4 is 27.5 Å². The SMILES string of the molecule is Cc1ccc(N2C[C@H](C)N(C(=O)CCNS(C)(=O)=O)CC2=O)cc1. The molecule has 1 atom stereocenters. The molecule has 0 aromatic heterocycles. The number of carbonyl (C=O) groups excluding carboxylic acids is 2. The Kier molecular flexibility index (Phi) is 5.61. The maximum absolute atomic E-state index is 12.4. The Balaban J connectivity index is 1.98. The molecular weight excluding hydrogens is 330 g/mol. The molecule has 0 radical (unpaired) electrons. The van der Waals surface area contributed by atoms with Crippen molar-refractivity contribution in [1.29, 1.82) is 0 Å². The van der Waals surface area contributed by atoms with Gasteiger partial charge in [-0.2, -0.15) is 0 Å². The topological polar surface area (TPSA) is 86.8 Å². The predicted molar refractivity (Wildman–Crippen MR) is 92.2 cm³/mol. The molecule has 1 saturated heterocycles. The molecule has 8 heteroatoms. The molecule has 1 aromatic rings. The van der Waals surface area contributed by atoms with Crippen molar-refractivity contribution in [3.8, 4) is 0 Å². The Morgan fingerprint density at radius 2 is 1.92 bits per heavy atom. The summed E-state index contributed by atoms with van der Waals surface area (Å²) in [6.07, 6.45) is 1.08. The number of hydrogen-bond acceptors (Lipinski definition) is 4. The van der Waals surface area contributed by atoms with E-state index >= 15 is 0 Å². The zero-order valence-corrected chi connectivity index (χ0v) is 15.0. The normalized spacial score (nSPS) is 18.8. The zero-order valence-electron chi connectivity index (χ0n) is 14.2. The molecule has 24 heavy (non-hydrogen) atoms. The van der Waals surface area contributed by atoms with Gasteiger partial charge in [0.1, 0.15) is 6.54 Å². The molecule has 0 aliphatic carbocycles. The second-order valence-corrected chi connectivity index (χ2v) is 7.96. The molecule has 1 aliphatic heterocycles. The van der Waals surface area contributed by atoms with E-state index in [9.17, 15) is 18.0 Å². The fourth-order valence-corrected chi connectivity index (χ4v) is 3.12. The van der Waals surface area contributed by atoms with E-state index < -0.39 is 10.0 Å². The van der Waals surface area contributed by atoms with Gasteiger partial charge in [-0.05, 0) is 26.0 Å². The van der Waals surface area contributed by atoms with Gasteiger partial charge in [0.15, 0.2) is 0 Å². The van der Waals surface area contributed by atoms with Crippen LogP contribution in [-0.2, 0) is 19.6 Å². The zero-order chi connectivity index (χ0) is 17.9. The van der Waals surface area contributed by atoms with E-state index in [1.807, 2.05) is 38.1 Å². The molecule has 0 bridgehead atoms. The Morgan fingerprint density at radius 1 is 1.29 bits per heavy atom. The number of carbonyl (C=O) groups is 2. The van der Waals surface area contributed by atoms with Crippen molar-refractivity contribution in [3.63, 3.8) is 0 Å². The summed E-state index contributed by atoms with van der Waals surface area (Å²) in [5.74, 6) is -0.364. The molecule has 0 spiro atoms. The van der Waals surface area contributed by atoms with E-state index in [-0.39, 0.29) is 37.4 Å². The lowest BCUT2D eigenvalue weighted by molar-refractivity contribution is -0.139. The lowest BCUT2D eigenvalue weighted by atomic mass is 10.1. The number of amides is 2. The van der Waals surface area contributed by atoms with Gasteiger partial charge in [0, 0.05) is 31.2 Å². The molecular formula is C16H23N3O4S. The second kappa shape index (κ2) is 7.31. The third kappa shape index (κ3) is 4.78. The van der Waals surface area contributed by atoms with Crippen molar-refractivity contribution in [3.05, 3.63) is 29.8 Å². The number of sulfonamides is 1. The summed E-state index contributed by atoms with van der Waals surface area (Å²) < 4.78 is 24.4. The van der Waals surface area contributed by atoms with Crippen LogP contribution in [-0.4, -0.2) is 57.1 Å². The first-order valence-electron chi connectivity index (χ1n) is 7.78. The molecule has 0 unspecified atom stereocenters. The summed E-state index contributed by atoms with van der Waals surface area (Å²) in [5, 5.41) is 0. The van der Waals surface area contributed by atoms with Crippen LogP contribution in [0.3, 0.4) is 0 Å². The highest BCUT2D eigenvalue weighted by atomic mass is 32.2. The number of nitrogens with zero attached hydrogens (tertiary/aromatic N) is 2. The molecule has 2 amide bonds. The summed E-state index contributed by atoms with van der Waals surface area (Å²) in [7, 11) is -3.32. The standard InChI is InChI=1S/C16H23N3O4S/c1-12-4-6-14(7-5-12)19-10-13(2)18(11-16(19)21)15(20)8-9-17-24(3,22)23/h4-7,13,17H,8-11H2,1-3H3/t13-/m0/s1. The highest BCUT2D eigenvalue weighted by Crippen LogP contribution is 2.21. The molecule has 1 aromatic carbocycles. The fraction of sp³-hybridized carbons (Fsp3) is 0.500. The average molecular weight is 353 g/mol. The van der Waals surface area contributed by atoms with Crippen molar-refractivity contribution in [2.45, 2.75) is 26.3 Å². The van der Waals surface area contributed by atoms with Crippen LogP contribution < -0.4 is 9.62 Å². The van der Waals surface area contributed by atoms with Gasteiger partial charge in [-0.1, -0.05) is 17.7 Å². The quantitative estimate of drug-likeness (QED) is 0.835. The summed E-state index contributed by atoms with van der Waals surface area (Å²) in [4.78, 5) is 27.8. The fourth-order valence-electron chi connectivity index (χ4n) is 2.65. The Bertz CT molecular complexity index is 715. The van der Waals surface area contributed by atoms with Crippen LogP contribution in [0.4, 0.5) is 5.69 Å². The van der Waals surface area contributed by atoms with Crippen LogP contribution >= 0.6 is 0 Å². The number of nitrogens with one attached hydrogen (secondary N) is 1. The number of hydrogen-bond donors (Lipinski definition) is 1. The number of aryl methyl sites for hydroxylation is 1. The van der Waals surface area contributed by atoms with Crippen LogP contribution in [0, 0.1) is 6.92 Å². The van der Waals surface area contributed by atoms with Gasteiger partial charge in [0.2, 0.25) is 21.8 Å². The van der Waals surface area contributed by atoms with Gasteiger partial charge in [-0.25, -0.2) is 13.1 Å². The highest BCUT2D eigenvalue weighted by molar-refractivity contribution is 7.88. The van der Waals surface area contributed by atoms with Crippen LogP contribution in [0.1, 0.15) is 18.9 Å². The lowest BCUT2D eigenvalue weighted by Crippen LogP contribution is -2.57. The third-order valence-corrected chi connectivity index (χ3v) is 4.68. The first kappa shape index (κ1) is 18.4. The van der Waals surface area contributed by atoms with E-state index in [0.717, 1.165) is 17.5 Å². The van der Waals surface area contributed by atoms with Crippen molar-refractivity contribution in [2.75, 3.05) is 30.8 Å². The van der Waals surface area contributed by atoms with Gasteiger partial charge in [-0.3, -0.25) is 9.59 Å². The molecule has 1 heterocycles.